The summed E-state index contributed by atoms with van der Waals surface area (Å²) in [5.41, 5.74) is -0.240. The zero-order chi connectivity index (χ0) is 19.5. The van der Waals surface area contributed by atoms with E-state index in [1.165, 1.54) is 6.33 Å². The van der Waals surface area contributed by atoms with Gasteiger partial charge < -0.3 is 15.0 Å². The average molecular weight is 374 g/mol. The van der Waals surface area contributed by atoms with Crippen LogP contribution in [0.4, 0.5) is 17.3 Å². The van der Waals surface area contributed by atoms with Gasteiger partial charge in [-0.05, 0) is 0 Å². The molecule has 0 atom stereocenters. The monoisotopic (exact) mass is 374 g/mol. The number of aromatic nitrogens is 2. The summed E-state index contributed by atoms with van der Waals surface area (Å²) in [6, 6.07) is 4.02. The van der Waals surface area contributed by atoms with E-state index in [-0.39, 0.29) is 43.3 Å². The van der Waals surface area contributed by atoms with E-state index >= 15 is 0 Å². The normalized spacial score (nSPS) is 14.1. The molecule has 1 N–H and O–H groups in total. The lowest BCUT2D eigenvalue weighted by Crippen LogP contribution is -2.39. The summed E-state index contributed by atoms with van der Waals surface area (Å²) in [7, 11) is 0. The van der Waals surface area contributed by atoms with Gasteiger partial charge in [0.15, 0.2) is 0 Å². The maximum atomic E-state index is 11.7. The van der Waals surface area contributed by atoms with Crippen molar-refractivity contribution in [2.24, 2.45) is 0 Å². The van der Waals surface area contributed by atoms with Crippen LogP contribution >= 0.6 is 0 Å². The molecule has 0 radical (unpaired) electrons. The molecule has 0 aromatic carbocycles. The summed E-state index contributed by atoms with van der Waals surface area (Å²) in [6.45, 7) is 4.74. The van der Waals surface area contributed by atoms with E-state index in [0.29, 0.717) is 26.3 Å². The van der Waals surface area contributed by atoms with Crippen LogP contribution in [0.25, 0.3) is 0 Å². The van der Waals surface area contributed by atoms with Crippen LogP contribution in [-0.4, -0.2) is 72.3 Å². The van der Waals surface area contributed by atoms with Gasteiger partial charge in [-0.15, -0.1) is 0 Å². The number of rotatable bonds is 10. The molecule has 11 heteroatoms. The van der Waals surface area contributed by atoms with Crippen LogP contribution in [0.1, 0.15) is 12.8 Å². The molecule has 1 fully saturated rings. The molecule has 144 valence electrons. The minimum Gasteiger partial charge on any atom is -0.379 e. The zero-order valence-corrected chi connectivity index (χ0v) is 15.0. The fraction of sp³-hybridized carbons (Fsp3) is 0.625. The number of hydrogen-bond donors (Lipinski definition) is 1. The third kappa shape index (κ3) is 6.02. The van der Waals surface area contributed by atoms with Crippen LogP contribution in [0.3, 0.4) is 0 Å². The lowest BCUT2D eigenvalue weighted by atomic mass is 10.3. The number of nitriles is 2. The van der Waals surface area contributed by atoms with Crippen LogP contribution < -0.4 is 10.2 Å². The third-order valence-electron chi connectivity index (χ3n) is 4.10. The van der Waals surface area contributed by atoms with Crippen molar-refractivity contribution < 1.29 is 9.66 Å². The summed E-state index contributed by atoms with van der Waals surface area (Å²) < 4.78 is 5.30. The van der Waals surface area contributed by atoms with Crippen LogP contribution in [0.15, 0.2) is 6.33 Å². The highest BCUT2D eigenvalue weighted by molar-refractivity contribution is 5.70. The summed E-state index contributed by atoms with van der Waals surface area (Å²) in [5.74, 6) is 0.256. The van der Waals surface area contributed by atoms with Crippen molar-refractivity contribution in [1.29, 1.82) is 10.5 Å². The van der Waals surface area contributed by atoms with Crippen molar-refractivity contribution in [3.8, 4) is 12.1 Å². The Morgan fingerprint density at radius 2 is 1.93 bits per heavy atom. The van der Waals surface area contributed by atoms with Crippen molar-refractivity contribution in [1.82, 2.24) is 14.9 Å². The number of hydrogen-bond acceptors (Lipinski definition) is 10. The molecular weight excluding hydrogens is 352 g/mol. The Labute approximate surface area is 157 Å². The number of ether oxygens (including phenoxy) is 1. The minimum atomic E-state index is -0.530. The first kappa shape index (κ1) is 20.3. The van der Waals surface area contributed by atoms with Gasteiger partial charge in [0.1, 0.15) is 6.33 Å². The van der Waals surface area contributed by atoms with E-state index in [1.54, 1.807) is 4.90 Å². The highest BCUT2D eigenvalue weighted by Gasteiger charge is 2.27. The SMILES string of the molecule is N#CCCN(CCC#N)c1ncnc(NCCN2CCOCC2)c1[N+](=O)[O-]. The quantitative estimate of drug-likeness (QED) is 0.460. The summed E-state index contributed by atoms with van der Waals surface area (Å²) in [6.07, 6.45) is 1.60. The molecule has 1 saturated heterocycles. The van der Waals surface area contributed by atoms with E-state index in [0.717, 1.165) is 13.1 Å². The van der Waals surface area contributed by atoms with Crippen molar-refractivity contribution in [2.45, 2.75) is 12.8 Å². The van der Waals surface area contributed by atoms with Crippen molar-refractivity contribution in [3.63, 3.8) is 0 Å². The summed E-state index contributed by atoms with van der Waals surface area (Å²) >= 11 is 0. The van der Waals surface area contributed by atoms with Crippen LogP contribution in [0, 0.1) is 32.8 Å². The highest BCUT2D eigenvalue weighted by atomic mass is 16.6. The standard InChI is InChI=1S/C16H22N8O3/c17-3-1-6-23(7-2-4-18)16-14(24(25)26)15(20-13-21-16)19-5-8-22-9-11-27-12-10-22/h13H,1-2,5-12H2,(H,19,20,21). The highest BCUT2D eigenvalue weighted by Crippen LogP contribution is 2.31. The Bertz CT molecular complexity index is 691. The van der Waals surface area contributed by atoms with E-state index in [1.807, 2.05) is 12.1 Å². The molecule has 1 aromatic rings. The predicted molar refractivity (Wildman–Crippen MR) is 97.1 cm³/mol. The number of morpholine rings is 1. The third-order valence-corrected chi connectivity index (χ3v) is 4.10. The molecule has 11 nitrogen and oxygen atoms in total. The maximum absolute atomic E-state index is 11.7. The fourth-order valence-corrected chi connectivity index (χ4v) is 2.75. The molecule has 0 amide bonds. The molecule has 0 bridgehead atoms. The molecule has 0 spiro atoms. The van der Waals surface area contributed by atoms with Gasteiger partial charge in [0.2, 0.25) is 11.6 Å². The number of anilines is 2. The second-order valence-electron chi connectivity index (χ2n) is 5.84. The van der Waals surface area contributed by atoms with Gasteiger partial charge in [-0.2, -0.15) is 10.5 Å². The molecule has 0 unspecified atom stereocenters. The fourth-order valence-electron chi connectivity index (χ4n) is 2.75. The van der Waals surface area contributed by atoms with E-state index < -0.39 is 4.92 Å². The van der Waals surface area contributed by atoms with Gasteiger partial charge in [0.05, 0.1) is 43.1 Å². The molecule has 27 heavy (non-hydrogen) atoms. The first-order valence-electron chi connectivity index (χ1n) is 8.69. The van der Waals surface area contributed by atoms with E-state index in [9.17, 15) is 10.1 Å². The van der Waals surface area contributed by atoms with Gasteiger partial charge in [-0.25, -0.2) is 9.97 Å². The lowest BCUT2D eigenvalue weighted by molar-refractivity contribution is -0.383. The largest absolute Gasteiger partial charge is 0.379 e. The smallest absolute Gasteiger partial charge is 0.353 e. The summed E-state index contributed by atoms with van der Waals surface area (Å²) in [5, 5.41) is 32.3. The van der Waals surface area contributed by atoms with Crippen molar-refractivity contribution >= 4 is 17.3 Å². The Hall–Kier alpha value is -3.02. The molecular formula is C16H22N8O3. The van der Waals surface area contributed by atoms with Gasteiger partial charge in [-0.1, -0.05) is 0 Å². The van der Waals surface area contributed by atoms with Gasteiger partial charge in [0, 0.05) is 39.3 Å². The molecule has 1 aliphatic rings. The van der Waals surface area contributed by atoms with Gasteiger partial charge in [-0.3, -0.25) is 15.0 Å². The second-order valence-corrected chi connectivity index (χ2v) is 5.84. The molecule has 2 rings (SSSR count). The minimum absolute atomic E-state index is 0.120. The number of nitrogens with one attached hydrogen (secondary N) is 1. The Balaban J connectivity index is 2.14. The lowest BCUT2D eigenvalue weighted by Gasteiger charge is -2.26. The number of nitrogens with zero attached hydrogens (tertiary/aromatic N) is 7. The maximum Gasteiger partial charge on any atom is 0.353 e. The van der Waals surface area contributed by atoms with E-state index in [2.05, 4.69) is 20.2 Å². The molecule has 0 saturated carbocycles. The average Bonchev–Trinajstić information content (AvgIpc) is 2.68. The Kier molecular flexibility index (Phi) is 8.16. The number of nitro groups is 1. The molecule has 2 heterocycles. The van der Waals surface area contributed by atoms with Crippen LogP contribution in [0.2, 0.25) is 0 Å². The zero-order valence-electron chi connectivity index (χ0n) is 15.0. The van der Waals surface area contributed by atoms with Crippen molar-refractivity contribution in [3.05, 3.63) is 16.4 Å². The second kappa shape index (κ2) is 10.9. The molecule has 1 aromatic heterocycles. The van der Waals surface area contributed by atoms with Gasteiger partial charge in [0.25, 0.3) is 0 Å². The Morgan fingerprint density at radius 1 is 1.26 bits per heavy atom. The van der Waals surface area contributed by atoms with Crippen LogP contribution in [0.5, 0.6) is 0 Å². The van der Waals surface area contributed by atoms with E-state index in [4.69, 9.17) is 15.3 Å². The first-order valence-corrected chi connectivity index (χ1v) is 8.69. The van der Waals surface area contributed by atoms with Gasteiger partial charge >= 0.3 is 5.69 Å². The summed E-state index contributed by atoms with van der Waals surface area (Å²) in [4.78, 5) is 23.0. The topological polar surface area (TPSA) is 144 Å². The van der Waals surface area contributed by atoms with Crippen molar-refractivity contribution in [2.75, 3.05) is 62.7 Å². The molecule has 0 aliphatic carbocycles. The van der Waals surface area contributed by atoms with Crippen LogP contribution in [-0.2, 0) is 4.74 Å². The predicted octanol–water partition coefficient (Wildman–Crippen LogP) is 0.763. The molecule has 1 aliphatic heterocycles. The Morgan fingerprint density at radius 3 is 2.52 bits per heavy atom. The first-order chi connectivity index (χ1) is 13.2.